The summed E-state index contributed by atoms with van der Waals surface area (Å²) < 4.78 is 0. The molecule has 0 aliphatic rings. The smallest absolute Gasteiger partial charge is 0.0428 e. The van der Waals surface area contributed by atoms with E-state index in [0.717, 1.165) is 6.54 Å². The normalized spacial score (nSPS) is 10.4. The van der Waals surface area contributed by atoms with Crippen molar-refractivity contribution in [2.75, 3.05) is 23.9 Å². The van der Waals surface area contributed by atoms with Crippen LogP contribution < -0.4 is 5.32 Å². The number of thiophene rings is 1. The first-order valence-electron chi connectivity index (χ1n) is 5.77. The highest BCUT2D eigenvalue weighted by molar-refractivity contribution is 7.98. The predicted octanol–water partition coefficient (Wildman–Crippen LogP) is 4.58. The summed E-state index contributed by atoms with van der Waals surface area (Å²) in [7, 11) is 0. The number of para-hydroxylation sites is 1. The molecular formula is C14H17NS2. The highest BCUT2D eigenvalue weighted by atomic mass is 32.2. The van der Waals surface area contributed by atoms with Gasteiger partial charge < -0.3 is 5.32 Å². The third-order valence-corrected chi connectivity index (χ3v) is 4.15. The summed E-state index contributed by atoms with van der Waals surface area (Å²) in [6.45, 7) is 1.04. The molecular weight excluding hydrogens is 246 g/mol. The third-order valence-electron chi connectivity index (χ3n) is 2.55. The molecule has 1 aromatic heterocycles. The zero-order valence-corrected chi connectivity index (χ0v) is 11.6. The SMILES string of the molecule is CSCCCNc1ccccc1-c1cccs1. The Morgan fingerprint density at radius 2 is 2.06 bits per heavy atom. The van der Waals surface area contributed by atoms with Crippen LogP contribution in [0.15, 0.2) is 41.8 Å². The first-order valence-corrected chi connectivity index (χ1v) is 8.05. The number of benzene rings is 1. The van der Waals surface area contributed by atoms with Gasteiger partial charge in [-0.25, -0.2) is 0 Å². The average Bonchev–Trinajstić information content (AvgIpc) is 2.89. The maximum atomic E-state index is 3.53. The van der Waals surface area contributed by atoms with E-state index >= 15 is 0 Å². The molecule has 0 saturated carbocycles. The minimum absolute atomic E-state index is 1.04. The second kappa shape index (κ2) is 6.72. The van der Waals surface area contributed by atoms with Crippen LogP contribution in [0.3, 0.4) is 0 Å². The fraction of sp³-hybridized carbons (Fsp3) is 0.286. The second-order valence-electron chi connectivity index (χ2n) is 3.80. The number of hydrogen-bond donors (Lipinski definition) is 1. The van der Waals surface area contributed by atoms with Crippen LogP contribution in [0.5, 0.6) is 0 Å². The maximum absolute atomic E-state index is 3.53. The van der Waals surface area contributed by atoms with Crippen molar-refractivity contribution >= 4 is 28.8 Å². The predicted molar refractivity (Wildman–Crippen MR) is 81.2 cm³/mol. The first kappa shape index (κ1) is 12.5. The van der Waals surface area contributed by atoms with Gasteiger partial charge in [0.2, 0.25) is 0 Å². The molecule has 1 heterocycles. The van der Waals surface area contributed by atoms with Crippen LogP contribution in [-0.4, -0.2) is 18.6 Å². The standard InChI is InChI=1S/C14H17NS2/c1-16-10-5-9-15-13-7-3-2-6-12(13)14-8-4-11-17-14/h2-4,6-8,11,15H,5,9-10H2,1H3. The van der Waals surface area contributed by atoms with Gasteiger partial charge >= 0.3 is 0 Å². The Morgan fingerprint density at radius 1 is 1.18 bits per heavy atom. The molecule has 0 saturated heterocycles. The van der Waals surface area contributed by atoms with Crippen molar-refractivity contribution in [1.82, 2.24) is 0 Å². The van der Waals surface area contributed by atoms with Gasteiger partial charge in [-0.1, -0.05) is 24.3 Å². The van der Waals surface area contributed by atoms with E-state index in [4.69, 9.17) is 0 Å². The van der Waals surface area contributed by atoms with Crippen molar-refractivity contribution < 1.29 is 0 Å². The van der Waals surface area contributed by atoms with Crippen LogP contribution in [-0.2, 0) is 0 Å². The lowest BCUT2D eigenvalue weighted by molar-refractivity contribution is 0.994. The summed E-state index contributed by atoms with van der Waals surface area (Å²) in [6, 6.07) is 12.8. The molecule has 3 heteroatoms. The van der Waals surface area contributed by atoms with E-state index in [0.29, 0.717) is 0 Å². The highest BCUT2D eigenvalue weighted by Gasteiger charge is 2.04. The fourth-order valence-electron chi connectivity index (χ4n) is 1.72. The number of thioether (sulfide) groups is 1. The van der Waals surface area contributed by atoms with Crippen LogP contribution in [0, 0.1) is 0 Å². The van der Waals surface area contributed by atoms with Crippen LogP contribution in [0.1, 0.15) is 6.42 Å². The quantitative estimate of drug-likeness (QED) is 0.766. The van der Waals surface area contributed by atoms with Gasteiger partial charge in [0.25, 0.3) is 0 Å². The van der Waals surface area contributed by atoms with Crippen molar-refractivity contribution in [3.05, 3.63) is 41.8 Å². The van der Waals surface area contributed by atoms with E-state index in [1.165, 1.54) is 28.3 Å². The van der Waals surface area contributed by atoms with E-state index < -0.39 is 0 Å². The Hall–Kier alpha value is -0.930. The molecule has 17 heavy (non-hydrogen) atoms. The lowest BCUT2D eigenvalue weighted by Crippen LogP contribution is -2.03. The fourth-order valence-corrected chi connectivity index (χ4v) is 2.92. The summed E-state index contributed by atoms with van der Waals surface area (Å²) in [5.41, 5.74) is 2.56. The molecule has 2 rings (SSSR count). The zero-order chi connectivity index (χ0) is 11.9. The molecule has 0 aliphatic heterocycles. The Labute approximate surface area is 111 Å². The van der Waals surface area contributed by atoms with Gasteiger partial charge in [-0.15, -0.1) is 11.3 Å². The molecule has 0 spiro atoms. The average molecular weight is 263 g/mol. The van der Waals surface area contributed by atoms with E-state index in [2.05, 4.69) is 53.4 Å². The molecule has 0 radical (unpaired) electrons. The minimum Gasteiger partial charge on any atom is -0.384 e. The van der Waals surface area contributed by atoms with Crippen molar-refractivity contribution in [3.63, 3.8) is 0 Å². The summed E-state index contributed by atoms with van der Waals surface area (Å²) >= 11 is 3.69. The summed E-state index contributed by atoms with van der Waals surface area (Å²) in [5, 5.41) is 5.65. The topological polar surface area (TPSA) is 12.0 Å². The Kier molecular flexibility index (Phi) is 4.95. The van der Waals surface area contributed by atoms with Crippen molar-refractivity contribution in [1.29, 1.82) is 0 Å². The molecule has 1 nitrogen and oxygen atoms in total. The zero-order valence-electron chi connectivity index (χ0n) is 9.98. The molecule has 0 atom stereocenters. The molecule has 2 aromatic rings. The highest BCUT2D eigenvalue weighted by Crippen LogP contribution is 2.31. The van der Waals surface area contributed by atoms with E-state index in [9.17, 15) is 0 Å². The van der Waals surface area contributed by atoms with Gasteiger partial charge in [-0.05, 0) is 35.9 Å². The van der Waals surface area contributed by atoms with Crippen LogP contribution in [0.2, 0.25) is 0 Å². The van der Waals surface area contributed by atoms with Crippen molar-refractivity contribution in [3.8, 4) is 10.4 Å². The van der Waals surface area contributed by atoms with Gasteiger partial charge in [0.1, 0.15) is 0 Å². The second-order valence-corrected chi connectivity index (χ2v) is 5.73. The first-order chi connectivity index (χ1) is 8.42. The van der Waals surface area contributed by atoms with Crippen LogP contribution >= 0.6 is 23.1 Å². The molecule has 0 amide bonds. The number of rotatable bonds is 6. The third kappa shape index (κ3) is 3.51. The minimum atomic E-state index is 1.04. The van der Waals surface area contributed by atoms with Gasteiger partial charge in [0.15, 0.2) is 0 Å². The van der Waals surface area contributed by atoms with Gasteiger partial charge in [0.05, 0.1) is 0 Å². The van der Waals surface area contributed by atoms with Gasteiger partial charge in [0, 0.05) is 22.7 Å². The number of nitrogens with one attached hydrogen (secondary N) is 1. The van der Waals surface area contributed by atoms with Gasteiger partial charge in [-0.3, -0.25) is 0 Å². The largest absolute Gasteiger partial charge is 0.384 e. The molecule has 0 fully saturated rings. The lowest BCUT2D eigenvalue weighted by atomic mass is 10.1. The Bertz CT molecular complexity index is 437. The maximum Gasteiger partial charge on any atom is 0.0428 e. The Morgan fingerprint density at radius 3 is 2.82 bits per heavy atom. The summed E-state index contributed by atoms with van der Waals surface area (Å²) in [6.07, 6.45) is 3.36. The molecule has 0 aliphatic carbocycles. The Balaban J connectivity index is 2.06. The van der Waals surface area contributed by atoms with Gasteiger partial charge in [-0.2, -0.15) is 11.8 Å². The van der Waals surface area contributed by atoms with Crippen molar-refractivity contribution in [2.24, 2.45) is 0 Å². The van der Waals surface area contributed by atoms with E-state index in [1.54, 1.807) is 11.3 Å². The molecule has 1 aromatic carbocycles. The van der Waals surface area contributed by atoms with Crippen molar-refractivity contribution in [2.45, 2.75) is 6.42 Å². The monoisotopic (exact) mass is 263 g/mol. The lowest BCUT2D eigenvalue weighted by Gasteiger charge is -2.10. The number of anilines is 1. The molecule has 90 valence electrons. The van der Waals surface area contributed by atoms with E-state index in [-0.39, 0.29) is 0 Å². The number of hydrogen-bond acceptors (Lipinski definition) is 3. The molecule has 0 unspecified atom stereocenters. The van der Waals surface area contributed by atoms with E-state index in [1.807, 2.05) is 11.8 Å². The molecule has 1 N–H and O–H groups in total. The molecule has 0 bridgehead atoms. The van der Waals surface area contributed by atoms with Crippen LogP contribution in [0.25, 0.3) is 10.4 Å². The van der Waals surface area contributed by atoms with Crippen LogP contribution in [0.4, 0.5) is 5.69 Å². The summed E-state index contributed by atoms with van der Waals surface area (Å²) in [4.78, 5) is 1.33. The summed E-state index contributed by atoms with van der Waals surface area (Å²) in [5.74, 6) is 1.22.